The summed E-state index contributed by atoms with van der Waals surface area (Å²) in [7, 11) is 0. The van der Waals surface area contributed by atoms with Crippen molar-refractivity contribution in [3.63, 3.8) is 0 Å². The monoisotopic (exact) mass is 437 g/mol. The molecule has 7 heteroatoms. The molecule has 4 rings (SSSR count). The lowest BCUT2D eigenvalue weighted by atomic mass is 9.98. The number of amides is 1. The maximum Gasteiger partial charge on any atom is 0.407 e. The van der Waals surface area contributed by atoms with Gasteiger partial charge in [0.1, 0.15) is 24.6 Å². The Morgan fingerprint density at radius 3 is 2.25 bits per heavy atom. The van der Waals surface area contributed by atoms with Crippen molar-refractivity contribution in [1.82, 2.24) is 5.32 Å². The first-order chi connectivity index (χ1) is 15.5. The summed E-state index contributed by atoms with van der Waals surface area (Å²) in [5.74, 6) is -0.647. The maximum absolute atomic E-state index is 13.3. The molecule has 166 valence electrons. The first-order valence-electron chi connectivity index (χ1n) is 10.3. The number of fused-ring (bicyclic) bond motifs is 3. The highest BCUT2D eigenvalue weighted by Crippen LogP contribution is 2.44. The van der Waals surface area contributed by atoms with Crippen LogP contribution in [0.2, 0.25) is 0 Å². The molecule has 1 amide bonds. The fourth-order valence-corrected chi connectivity index (χ4v) is 4.16. The third-order valence-corrected chi connectivity index (χ3v) is 5.76. The molecule has 4 N–H and O–H groups in total. The summed E-state index contributed by atoms with van der Waals surface area (Å²) >= 11 is 0. The smallest absolute Gasteiger partial charge is 0.407 e. The number of hydrogen-bond acceptors (Lipinski definition) is 5. The van der Waals surface area contributed by atoms with Gasteiger partial charge in [-0.15, -0.1) is 0 Å². The van der Waals surface area contributed by atoms with Crippen LogP contribution in [0.3, 0.4) is 0 Å². The van der Waals surface area contributed by atoms with Crippen LogP contribution in [0.25, 0.3) is 11.1 Å². The Bertz CT molecular complexity index is 1070. The molecule has 0 aromatic heterocycles. The molecule has 0 saturated heterocycles. The quantitative estimate of drug-likeness (QED) is 0.455. The molecule has 32 heavy (non-hydrogen) atoms. The molecule has 3 aromatic carbocycles. The average Bonchev–Trinajstić information content (AvgIpc) is 3.14. The van der Waals surface area contributed by atoms with E-state index >= 15 is 0 Å². The van der Waals surface area contributed by atoms with Crippen molar-refractivity contribution in [2.24, 2.45) is 0 Å². The molecular formula is C25H24FNO5. The zero-order valence-electron chi connectivity index (χ0n) is 17.2. The Kier molecular flexibility index (Phi) is 6.50. The van der Waals surface area contributed by atoms with Crippen molar-refractivity contribution >= 4 is 6.09 Å². The van der Waals surface area contributed by atoms with Crippen LogP contribution in [0.15, 0.2) is 66.7 Å². The van der Waals surface area contributed by atoms with E-state index in [4.69, 9.17) is 4.74 Å². The highest BCUT2D eigenvalue weighted by molar-refractivity contribution is 5.79. The molecule has 2 atom stereocenters. The van der Waals surface area contributed by atoms with Crippen molar-refractivity contribution in [1.29, 1.82) is 0 Å². The van der Waals surface area contributed by atoms with Gasteiger partial charge in [0.25, 0.3) is 0 Å². The Labute approximate surface area is 184 Å². The molecule has 6 nitrogen and oxygen atoms in total. The summed E-state index contributed by atoms with van der Waals surface area (Å²) in [5, 5.41) is 32.4. The van der Waals surface area contributed by atoms with Crippen molar-refractivity contribution in [3.05, 3.63) is 94.8 Å². The lowest BCUT2D eigenvalue weighted by molar-refractivity contribution is 0.0174. The molecule has 0 spiro atoms. The van der Waals surface area contributed by atoms with Crippen LogP contribution in [-0.4, -0.2) is 40.7 Å². The van der Waals surface area contributed by atoms with Crippen LogP contribution in [0, 0.1) is 5.82 Å². The molecule has 0 fully saturated rings. The van der Waals surface area contributed by atoms with Gasteiger partial charge in [0.15, 0.2) is 0 Å². The summed E-state index contributed by atoms with van der Waals surface area (Å²) < 4.78 is 18.7. The highest BCUT2D eigenvalue weighted by Gasteiger charge is 2.29. The van der Waals surface area contributed by atoms with E-state index in [1.54, 1.807) is 0 Å². The van der Waals surface area contributed by atoms with E-state index in [1.807, 2.05) is 48.5 Å². The van der Waals surface area contributed by atoms with Gasteiger partial charge in [-0.25, -0.2) is 9.18 Å². The molecule has 0 bridgehead atoms. The average molecular weight is 437 g/mol. The first-order valence-corrected chi connectivity index (χ1v) is 10.3. The SMILES string of the molecule is O=C(NCC(O)C(O)c1ccc(F)cc1CO)OCC1c2ccccc2-c2ccccc21. The van der Waals surface area contributed by atoms with Gasteiger partial charge in [-0.1, -0.05) is 54.6 Å². The lowest BCUT2D eigenvalue weighted by Gasteiger charge is -2.21. The summed E-state index contributed by atoms with van der Waals surface area (Å²) in [4.78, 5) is 12.2. The number of nitrogens with one attached hydrogen (secondary N) is 1. The number of benzene rings is 3. The first kappa shape index (κ1) is 22.0. The van der Waals surface area contributed by atoms with Crippen LogP contribution < -0.4 is 5.32 Å². The normalized spacial score (nSPS) is 14.4. The van der Waals surface area contributed by atoms with Crippen molar-refractivity contribution in [2.75, 3.05) is 13.2 Å². The molecule has 0 radical (unpaired) electrons. The molecule has 0 saturated carbocycles. The van der Waals surface area contributed by atoms with Gasteiger partial charge in [-0.3, -0.25) is 0 Å². The van der Waals surface area contributed by atoms with Crippen LogP contribution in [0.4, 0.5) is 9.18 Å². The Morgan fingerprint density at radius 2 is 1.62 bits per heavy atom. The van der Waals surface area contributed by atoms with Crippen LogP contribution in [0.5, 0.6) is 0 Å². The minimum absolute atomic E-state index is 0.0880. The van der Waals surface area contributed by atoms with E-state index in [-0.39, 0.29) is 30.2 Å². The van der Waals surface area contributed by atoms with Crippen molar-refractivity contribution in [3.8, 4) is 11.1 Å². The standard InChI is InChI=1S/C25H24FNO5/c26-16-9-10-17(15(11-16)13-28)24(30)23(29)12-27-25(31)32-14-22-20-7-3-1-5-18(20)19-6-2-4-8-21(19)22/h1-11,22-24,28-30H,12-14H2,(H,27,31). The number of halogens is 1. The van der Waals surface area contributed by atoms with Crippen LogP contribution in [0.1, 0.15) is 34.3 Å². The minimum atomic E-state index is -1.41. The summed E-state index contributed by atoms with van der Waals surface area (Å²) in [6.45, 7) is -0.637. The molecule has 2 unspecified atom stereocenters. The molecule has 0 aliphatic heterocycles. The van der Waals surface area contributed by atoms with E-state index in [9.17, 15) is 24.5 Å². The van der Waals surface area contributed by atoms with Crippen LogP contribution in [-0.2, 0) is 11.3 Å². The van der Waals surface area contributed by atoms with Gasteiger partial charge in [-0.05, 0) is 45.5 Å². The van der Waals surface area contributed by atoms with Gasteiger partial charge in [-0.2, -0.15) is 0 Å². The van der Waals surface area contributed by atoms with Crippen LogP contribution >= 0.6 is 0 Å². The van der Waals surface area contributed by atoms with Gasteiger partial charge < -0.3 is 25.4 Å². The number of aliphatic hydroxyl groups excluding tert-OH is 3. The van der Waals surface area contributed by atoms with Gasteiger partial charge in [0, 0.05) is 12.5 Å². The molecule has 1 aliphatic rings. The van der Waals surface area contributed by atoms with Gasteiger partial charge in [0.2, 0.25) is 0 Å². The zero-order chi connectivity index (χ0) is 22.7. The summed E-state index contributed by atoms with van der Waals surface area (Å²) in [5.41, 5.74) is 4.77. The minimum Gasteiger partial charge on any atom is -0.449 e. The maximum atomic E-state index is 13.3. The van der Waals surface area contributed by atoms with Gasteiger partial charge >= 0.3 is 6.09 Å². The van der Waals surface area contributed by atoms with E-state index in [2.05, 4.69) is 5.32 Å². The fourth-order valence-electron chi connectivity index (χ4n) is 4.16. The van der Waals surface area contributed by atoms with Crippen molar-refractivity contribution < 1.29 is 29.2 Å². The lowest BCUT2D eigenvalue weighted by Crippen LogP contribution is -2.36. The number of rotatable bonds is 7. The molecule has 3 aromatic rings. The largest absolute Gasteiger partial charge is 0.449 e. The summed E-state index contributed by atoms with van der Waals surface area (Å²) in [6.07, 6.45) is -3.50. The Balaban J connectivity index is 1.35. The fraction of sp³-hybridized carbons (Fsp3) is 0.240. The third-order valence-electron chi connectivity index (χ3n) is 5.76. The number of carbonyl (C=O) groups is 1. The van der Waals surface area contributed by atoms with Crippen molar-refractivity contribution in [2.45, 2.75) is 24.7 Å². The van der Waals surface area contributed by atoms with Gasteiger partial charge in [0.05, 0.1) is 6.61 Å². The molecule has 1 aliphatic carbocycles. The second-order valence-corrected chi connectivity index (χ2v) is 7.72. The topological polar surface area (TPSA) is 99.0 Å². The van der Waals surface area contributed by atoms with E-state index in [0.717, 1.165) is 34.4 Å². The summed E-state index contributed by atoms with van der Waals surface area (Å²) in [6, 6.07) is 19.5. The number of ether oxygens (including phenoxy) is 1. The zero-order valence-corrected chi connectivity index (χ0v) is 17.2. The molecular weight excluding hydrogens is 413 g/mol. The Morgan fingerprint density at radius 1 is 1.00 bits per heavy atom. The predicted molar refractivity (Wildman–Crippen MR) is 116 cm³/mol. The van der Waals surface area contributed by atoms with E-state index in [0.29, 0.717) is 0 Å². The van der Waals surface area contributed by atoms with E-state index in [1.165, 1.54) is 6.07 Å². The second-order valence-electron chi connectivity index (χ2n) is 7.72. The molecule has 0 heterocycles. The Hall–Kier alpha value is -3.26. The highest BCUT2D eigenvalue weighted by atomic mass is 19.1. The number of aliphatic hydroxyl groups is 3. The third kappa shape index (κ3) is 4.36. The van der Waals surface area contributed by atoms with E-state index < -0.39 is 30.7 Å². The predicted octanol–water partition coefficient (Wildman–Crippen LogP) is 3.25. The second kappa shape index (κ2) is 9.48. The number of hydrogen-bond donors (Lipinski definition) is 4. The number of alkyl carbamates (subject to hydrolysis) is 1. The number of carbonyl (C=O) groups excluding carboxylic acids is 1.